The number of rotatable bonds is 3. The van der Waals surface area contributed by atoms with Gasteiger partial charge in [-0.05, 0) is 54.4 Å². The summed E-state index contributed by atoms with van der Waals surface area (Å²) in [6.45, 7) is 6.05. The lowest BCUT2D eigenvalue weighted by Gasteiger charge is -2.10. The quantitative estimate of drug-likeness (QED) is 0.776. The van der Waals surface area contributed by atoms with E-state index in [0.717, 1.165) is 15.8 Å². The molecule has 0 amide bonds. The van der Waals surface area contributed by atoms with Gasteiger partial charge in [0.1, 0.15) is 5.75 Å². The van der Waals surface area contributed by atoms with E-state index in [0.29, 0.717) is 12.2 Å². The van der Waals surface area contributed by atoms with Crippen LogP contribution >= 0.6 is 15.9 Å². The monoisotopic (exact) mass is 256 g/mol. The third-order valence-electron chi connectivity index (χ3n) is 1.92. The van der Waals surface area contributed by atoms with E-state index < -0.39 is 0 Å². The minimum absolute atomic E-state index is 0.0665. The molecule has 0 bridgehead atoms. The maximum atomic E-state index is 11.2. The Bertz CT molecular complexity index is 335. The fourth-order valence-electron chi connectivity index (χ4n) is 1.26. The van der Waals surface area contributed by atoms with Crippen molar-refractivity contribution in [1.82, 2.24) is 0 Å². The van der Waals surface area contributed by atoms with Gasteiger partial charge in [0, 0.05) is 5.56 Å². The minimum Gasteiger partial charge on any atom is -0.492 e. The van der Waals surface area contributed by atoms with Gasteiger partial charge in [0.05, 0.1) is 11.1 Å². The maximum absolute atomic E-state index is 11.2. The Kier molecular flexibility index (Phi) is 3.69. The number of benzene rings is 1. The van der Waals surface area contributed by atoms with E-state index in [-0.39, 0.29) is 5.78 Å². The first-order valence-electron chi connectivity index (χ1n) is 4.50. The van der Waals surface area contributed by atoms with Crippen molar-refractivity contribution >= 4 is 21.7 Å². The highest BCUT2D eigenvalue weighted by atomic mass is 79.9. The van der Waals surface area contributed by atoms with E-state index in [2.05, 4.69) is 15.9 Å². The number of halogens is 1. The van der Waals surface area contributed by atoms with Crippen LogP contribution < -0.4 is 4.74 Å². The van der Waals surface area contributed by atoms with Crippen LogP contribution in [0, 0.1) is 6.92 Å². The number of carbonyl (C=O) groups excluding carboxylic acids is 1. The Balaban J connectivity index is 3.18. The highest BCUT2D eigenvalue weighted by molar-refractivity contribution is 9.10. The lowest BCUT2D eigenvalue weighted by molar-refractivity contribution is 0.101. The average Bonchev–Trinajstić information content (AvgIpc) is 2.10. The Hall–Kier alpha value is -0.830. The highest BCUT2D eigenvalue weighted by Gasteiger charge is 2.09. The second-order valence-corrected chi connectivity index (χ2v) is 3.95. The van der Waals surface area contributed by atoms with E-state index in [1.54, 1.807) is 13.0 Å². The van der Waals surface area contributed by atoms with E-state index >= 15 is 0 Å². The molecule has 1 rings (SSSR count). The third-order valence-corrected chi connectivity index (χ3v) is 2.51. The fourth-order valence-corrected chi connectivity index (χ4v) is 1.94. The molecule has 76 valence electrons. The van der Waals surface area contributed by atoms with Crippen molar-refractivity contribution in [3.8, 4) is 5.75 Å². The van der Waals surface area contributed by atoms with Gasteiger partial charge in [0.15, 0.2) is 5.78 Å². The second kappa shape index (κ2) is 4.60. The molecule has 3 heteroatoms. The van der Waals surface area contributed by atoms with Gasteiger partial charge in [-0.1, -0.05) is 0 Å². The fraction of sp³-hybridized carbons (Fsp3) is 0.364. The van der Waals surface area contributed by atoms with E-state index in [9.17, 15) is 4.79 Å². The minimum atomic E-state index is 0.0665. The molecule has 0 aliphatic heterocycles. The van der Waals surface area contributed by atoms with Gasteiger partial charge in [-0.15, -0.1) is 0 Å². The number of hydrogen-bond acceptors (Lipinski definition) is 2. The van der Waals surface area contributed by atoms with Crippen molar-refractivity contribution < 1.29 is 9.53 Å². The second-order valence-electron chi connectivity index (χ2n) is 3.09. The summed E-state index contributed by atoms with van der Waals surface area (Å²) in [5, 5.41) is 0. The first-order chi connectivity index (χ1) is 6.56. The number of carbonyl (C=O) groups is 1. The first-order valence-corrected chi connectivity index (χ1v) is 5.29. The van der Waals surface area contributed by atoms with Gasteiger partial charge >= 0.3 is 0 Å². The summed E-state index contributed by atoms with van der Waals surface area (Å²) in [5.74, 6) is 0.884. The number of Topliss-reactive ketones (excluding diaryl/α,β-unsaturated/α-hetero) is 1. The predicted octanol–water partition coefficient (Wildman–Crippen LogP) is 3.36. The highest BCUT2D eigenvalue weighted by Crippen LogP contribution is 2.30. The van der Waals surface area contributed by atoms with Crippen molar-refractivity contribution in [2.24, 2.45) is 0 Å². The summed E-state index contributed by atoms with van der Waals surface area (Å²) in [6.07, 6.45) is 0. The normalized spacial score (nSPS) is 10.0. The summed E-state index contributed by atoms with van der Waals surface area (Å²) in [7, 11) is 0. The molecule has 0 fully saturated rings. The zero-order valence-electron chi connectivity index (χ0n) is 8.56. The lowest BCUT2D eigenvalue weighted by atomic mass is 10.1. The number of ketones is 1. The molecule has 0 saturated heterocycles. The molecule has 0 aliphatic carbocycles. The Morgan fingerprint density at radius 1 is 1.50 bits per heavy atom. The van der Waals surface area contributed by atoms with Gasteiger partial charge in [0.25, 0.3) is 0 Å². The van der Waals surface area contributed by atoms with Gasteiger partial charge < -0.3 is 4.74 Å². The van der Waals surface area contributed by atoms with Crippen LogP contribution in [-0.4, -0.2) is 12.4 Å². The molecule has 0 radical (unpaired) electrons. The number of hydrogen-bond donors (Lipinski definition) is 0. The van der Waals surface area contributed by atoms with Gasteiger partial charge in [-0.2, -0.15) is 0 Å². The predicted molar refractivity (Wildman–Crippen MR) is 60.1 cm³/mol. The van der Waals surface area contributed by atoms with Crippen LogP contribution in [0.3, 0.4) is 0 Å². The topological polar surface area (TPSA) is 26.3 Å². The lowest BCUT2D eigenvalue weighted by Crippen LogP contribution is -1.99. The van der Waals surface area contributed by atoms with Crippen LogP contribution in [0.15, 0.2) is 16.6 Å². The van der Waals surface area contributed by atoms with Gasteiger partial charge in [-0.3, -0.25) is 4.79 Å². The number of aryl methyl sites for hydroxylation is 1. The molecule has 0 spiro atoms. The molecule has 1 aromatic rings. The standard InChI is InChI=1S/C11H13BrO2/c1-4-14-11-7(2)5-9(8(3)13)6-10(11)12/h5-6H,4H2,1-3H3. The van der Waals surface area contributed by atoms with Crippen LogP contribution in [0.25, 0.3) is 0 Å². The van der Waals surface area contributed by atoms with E-state index in [1.807, 2.05) is 19.9 Å². The zero-order chi connectivity index (χ0) is 10.7. The molecule has 0 saturated carbocycles. The summed E-state index contributed by atoms with van der Waals surface area (Å²) >= 11 is 3.39. The van der Waals surface area contributed by atoms with Gasteiger partial charge in [0.2, 0.25) is 0 Å². The van der Waals surface area contributed by atoms with Crippen molar-refractivity contribution in [1.29, 1.82) is 0 Å². The van der Waals surface area contributed by atoms with Crippen molar-refractivity contribution in [2.45, 2.75) is 20.8 Å². The van der Waals surface area contributed by atoms with Crippen LogP contribution in [0.2, 0.25) is 0 Å². The number of ether oxygens (including phenoxy) is 1. The molecule has 0 atom stereocenters. The Labute approximate surface area is 92.4 Å². The molecule has 14 heavy (non-hydrogen) atoms. The molecule has 0 heterocycles. The molecule has 2 nitrogen and oxygen atoms in total. The van der Waals surface area contributed by atoms with Gasteiger partial charge in [-0.25, -0.2) is 0 Å². The summed E-state index contributed by atoms with van der Waals surface area (Å²) in [4.78, 5) is 11.2. The largest absolute Gasteiger partial charge is 0.492 e. The summed E-state index contributed by atoms with van der Waals surface area (Å²) < 4.78 is 6.28. The van der Waals surface area contributed by atoms with Crippen LogP contribution in [0.5, 0.6) is 5.75 Å². The molecule has 0 aliphatic rings. The maximum Gasteiger partial charge on any atom is 0.159 e. The SMILES string of the molecule is CCOc1c(C)cc(C(C)=O)cc1Br. The third kappa shape index (κ3) is 2.35. The Morgan fingerprint density at radius 3 is 2.57 bits per heavy atom. The van der Waals surface area contributed by atoms with E-state index in [1.165, 1.54) is 0 Å². The average molecular weight is 257 g/mol. The van der Waals surface area contributed by atoms with Crippen LogP contribution in [0.4, 0.5) is 0 Å². The molecule has 0 N–H and O–H groups in total. The van der Waals surface area contributed by atoms with Crippen LogP contribution in [-0.2, 0) is 0 Å². The molecule has 1 aromatic carbocycles. The zero-order valence-corrected chi connectivity index (χ0v) is 10.1. The molecule has 0 unspecified atom stereocenters. The van der Waals surface area contributed by atoms with E-state index in [4.69, 9.17) is 4.74 Å². The van der Waals surface area contributed by atoms with Crippen molar-refractivity contribution in [2.75, 3.05) is 6.61 Å². The first kappa shape index (κ1) is 11.2. The molecule has 0 aromatic heterocycles. The molecular formula is C11H13BrO2. The van der Waals surface area contributed by atoms with Crippen molar-refractivity contribution in [3.05, 3.63) is 27.7 Å². The van der Waals surface area contributed by atoms with Crippen LogP contribution in [0.1, 0.15) is 29.8 Å². The summed E-state index contributed by atoms with van der Waals surface area (Å²) in [5.41, 5.74) is 1.68. The Morgan fingerprint density at radius 2 is 2.14 bits per heavy atom. The van der Waals surface area contributed by atoms with Crippen molar-refractivity contribution in [3.63, 3.8) is 0 Å². The smallest absolute Gasteiger partial charge is 0.159 e. The molecular weight excluding hydrogens is 244 g/mol. The summed E-state index contributed by atoms with van der Waals surface area (Å²) in [6, 6.07) is 3.64.